The van der Waals surface area contributed by atoms with E-state index in [2.05, 4.69) is 9.71 Å². The second kappa shape index (κ2) is 5.10. The van der Waals surface area contributed by atoms with Crippen molar-refractivity contribution >= 4 is 37.8 Å². The van der Waals surface area contributed by atoms with Crippen molar-refractivity contribution in [1.82, 2.24) is 4.98 Å². The molecule has 114 valence electrons. The lowest BCUT2D eigenvalue weighted by Gasteiger charge is -2.07. The maximum Gasteiger partial charge on any atom is 0.266 e. The largest absolute Gasteiger partial charge is 0.440 e. The Balaban J connectivity index is 1.80. The Morgan fingerprint density at radius 2 is 1.70 bits per heavy atom. The van der Waals surface area contributed by atoms with Crippen molar-refractivity contribution in [3.63, 3.8) is 0 Å². The Hall–Kier alpha value is -2.86. The van der Waals surface area contributed by atoms with E-state index in [-0.39, 0.29) is 10.8 Å². The number of hydrogen-bond acceptors (Lipinski definition) is 4. The number of para-hydroxylation sites is 2. The number of furan rings is 1. The van der Waals surface area contributed by atoms with Crippen LogP contribution in [0.3, 0.4) is 0 Å². The predicted molar refractivity (Wildman–Crippen MR) is 88.8 cm³/mol. The minimum Gasteiger partial charge on any atom is -0.440 e. The lowest BCUT2D eigenvalue weighted by atomic mass is 10.2. The molecule has 0 fully saturated rings. The van der Waals surface area contributed by atoms with Gasteiger partial charge in [0, 0.05) is 23.0 Å². The Morgan fingerprint density at radius 1 is 0.913 bits per heavy atom. The highest BCUT2D eigenvalue weighted by molar-refractivity contribution is 7.93. The molecule has 2 heterocycles. The molecule has 0 saturated carbocycles. The van der Waals surface area contributed by atoms with Gasteiger partial charge in [-0.2, -0.15) is 0 Å². The van der Waals surface area contributed by atoms with Crippen LogP contribution >= 0.6 is 0 Å². The van der Waals surface area contributed by atoms with Crippen LogP contribution in [0, 0.1) is 0 Å². The minimum absolute atomic E-state index is 0.121. The summed E-state index contributed by atoms with van der Waals surface area (Å²) in [5.41, 5.74) is 1.06. The van der Waals surface area contributed by atoms with Gasteiger partial charge in [0.15, 0.2) is 0 Å². The summed E-state index contributed by atoms with van der Waals surface area (Å²) in [6.07, 6.45) is 1.57. The maximum atomic E-state index is 12.7. The van der Waals surface area contributed by atoms with Gasteiger partial charge < -0.3 is 4.42 Å². The lowest BCUT2D eigenvalue weighted by molar-refractivity contribution is 0.594. The van der Waals surface area contributed by atoms with E-state index < -0.39 is 10.0 Å². The molecule has 0 bridgehead atoms. The molecule has 0 radical (unpaired) electrons. The molecule has 4 rings (SSSR count). The summed E-state index contributed by atoms with van der Waals surface area (Å²) < 4.78 is 33.4. The zero-order valence-corrected chi connectivity index (χ0v) is 12.7. The summed E-state index contributed by atoms with van der Waals surface area (Å²) in [4.78, 5) is 4.30. The Labute approximate surface area is 132 Å². The second-order valence-corrected chi connectivity index (χ2v) is 6.74. The van der Waals surface area contributed by atoms with Crippen molar-refractivity contribution in [2.75, 3.05) is 4.72 Å². The minimum atomic E-state index is -3.79. The van der Waals surface area contributed by atoms with Crippen molar-refractivity contribution in [3.8, 4) is 0 Å². The number of nitrogens with zero attached hydrogens (tertiary/aromatic N) is 1. The summed E-state index contributed by atoms with van der Waals surface area (Å²) in [7, 11) is -3.79. The van der Waals surface area contributed by atoms with E-state index in [0.717, 1.165) is 10.8 Å². The van der Waals surface area contributed by atoms with Gasteiger partial charge in [-0.25, -0.2) is 13.1 Å². The van der Waals surface area contributed by atoms with E-state index in [1.165, 1.54) is 6.07 Å². The van der Waals surface area contributed by atoms with Gasteiger partial charge in [-0.15, -0.1) is 0 Å². The second-order valence-electron chi connectivity index (χ2n) is 5.09. The molecule has 0 saturated heterocycles. The summed E-state index contributed by atoms with van der Waals surface area (Å²) in [5.74, 6) is 0.180. The number of fused-ring (bicyclic) bond motifs is 2. The van der Waals surface area contributed by atoms with Crippen LogP contribution in [0.15, 0.2) is 76.2 Å². The molecule has 0 aliphatic carbocycles. The van der Waals surface area contributed by atoms with Gasteiger partial charge in [0.1, 0.15) is 10.5 Å². The smallest absolute Gasteiger partial charge is 0.266 e. The molecule has 0 unspecified atom stereocenters. The number of benzene rings is 2. The zero-order valence-electron chi connectivity index (χ0n) is 11.9. The first-order valence-corrected chi connectivity index (χ1v) is 8.47. The third kappa shape index (κ3) is 2.43. The lowest BCUT2D eigenvalue weighted by Crippen LogP contribution is -2.13. The molecule has 0 spiro atoms. The molecule has 2 aromatic carbocycles. The number of pyridine rings is 1. The third-order valence-corrected chi connectivity index (χ3v) is 4.92. The fourth-order valence-electron chi connectivity index (χ4n) is 2.51. The maximum absolute atomic E-state index is 12.7. The Kier molecular flexibility index (Phi) is 3.06. The Morgan fingerprint density at radius 3 is 2.57 bits per heavy atom. The quantitative estimate of drug-likeness (QED) is 0.622. The van der Waals surface area contributed by atoms with Crippen LogP contribution in [0.4, 0.5) is 5.88 Å². The van der Waals surface area contributed by atoms with Gasteiger partial charge in [-0.3, -0.25) is 4.98 Å². The zero-order chi connectivity index (χ0) is 15.9. The standard InChI is InChI=1S/C17H12N2O3S/c20-23(21,15-9-3-6-12-7-4-10-18-17(12)15)19-16-11-13-5-1-2-8-14(13)22-16/h1-11,19H. The van der Waals surface area contributed by atoms with E-state index in [1.807, 2.05) is 30.3 Å². The molecule has 0 aliphatic rings. The monoisotopic (exact) mass is 324 g/mol. The molecule has 2 aromatic heterocycles. The van der Waals surface area contributed by atoms with Crippen LogP contribution in [0.1, 0.15) is 0 Å². The van der Waals surface area contributed by atoms with Gasteiger partial charge >= 0.3 is 0 Å². The topological polar surface area (TPSA) is 72.2 Å². The van der Waals surface area contributed by atoms with Crippen LogP contribution in [-0.4, -0.2) is 13.4 Å². The highest BCUT2D eigenvalue weighted by atomic mass is 32.2. The summed E-state index contributed by atoms with van der Waals surface area (Å²) in [6, 6.07) is 17.6. The van der Waals surface area contributed by atoms with Gasteiger partial charge in [-0.05, 0) is 18.2 Å². The van der Waals surface area contributed by atoms with Crippen LogP contribution in [0.25, 0.3) is 21.9 Å². The van der Waals surface area contributed by atoms with Crippen LogP contribution < -0.4 is 4.72 Å². The fourth-order valence-corrected chi connectivity index (χ4v) is 3.67. The first-order chi connectivity index (χ1) is 11.1. The van der Waals surface area contributed by atoms with Crippen LogP contribution in [0.5, 0.6) is 0 Å². The highest BCUT2D eigenvalue weighted by Gasteiger charge is 2.20. The average Bonchev–Trinajstić information content (AvgIpc) is 2.95. The van der Waals surface area contributed by atoms with Gasteiger partial charge in [0.25, 0.3) is 10.0 Å². The molecule has 0 amide bonds. The normalized spacial score (nSPS) is 11.8. The number of anilines is 1. The molecular formula is C17H12N2O3S. The number of sulfonamides is 1. The van der Waals surface area contributed by atoms with Crippen molar-refractivity contribution in [1.29, 1.82) is 0 Å². The molecular weight excluding hydrogens is 312 g/mol. The SMILES string of the molecule is O=S(=O)(Nc1cc2ccccc2o1)c1cccc2cccnc12. The van der Waals surface area contributed by atoms with Crippen molar-refractivity contribution in [2.24, 2.45) is 0 Å². The molecule has 1 N–H and O–H groups in total. The summed E-state index contributed by atoms with van der Waals surface area (Å²) in [6.45, 7) is 0. The number of aromatic nitrogens is 1. The van der Waals surface area contributed by atoms with E-state index in [0.29, 0.717) is 11.1 Å². The summed E-state index contributed by atoms with van der Waals surface area (Å²) in [5, 5.41) is 1.60. The number of rotatable bonds is 3. The van der Waals surface area contributed by atoms with Crippen LogP contribution in [-0.2, 0) is 10.0 Å². The number of hydrogen-bond donors (Lipinski definition) is 1. The van der Waals surface area contributed by atoms with E-state index in [1.54, 1.807) is 30.5 Å². The molecule has 0 aliphatic heterocycles. The third-order valence-electron chi connectivity index (χ3n) is 3.55. The first-order valence-electron chi connectivity index (χ1n) is 6.99. The van der Waals surface area contributed by atoms with Crippen molar-refractivity contribution in [3.05, 3.63) is 66.9 Å². The molecule has 23 heavy (non-hydrogen) atoms. The van der Waals surface area contributed by atoms with E-state index in [4.69, 9.17) is 4.42 Å². The average molecular weight is 324 g/mol. The highest BCUT2D eigenvalue weighted by Crippen LogP contribution is 2.27. The van der Waals surface area contributed by atoms with Crippen LogP contribution in [0.2, 0.25) is 0 Å². The predicted octanol–water partition coefficient (Wildman–Crippen LogP) is 3.78. The van der Waals surface area contributed by atoms with Gasteiger partial charge in [-0.1, -0.05) is 36.4 Å². The van der Waals surface area contributed by atoms with E-state index in [9.17, 15) is 8.42 Å². The summed E-state index contributed by atoms with van der Waals surface area (Å²) >= 11 is 0. The molecule has 0 atom stereocenters. The van der Waals surface area contributed by atoms with E-state index >= 15 is 0 Å². The number of nitrogens with one attached hydrogen (secondary N) is 1. The fraction of sp³-hybridized carbons (Fsp3) is 0. The molecule has 4 aromatic rings. The molecule has 5 nitrogen and oxygen atoms in total. The molecule has 6 heteroatoms. The van der Waals surface area contributed by atoms with Crippen molar-refractivity contribution < 1.29 is 12.8 Å². The Bertz CT molecular complexity index is 1080. The first kappa shape index (κ1) is 13.8. The van der Waals surface area contributed by atoms with Crippen molar-refractivity contribution in [2.45, 2.75) is 4.90 Å². The van der Waals surface area contributed by atoms with Gasteiger partial charge in [0.05, 0.1) is 5.52 Å². The van der Waals surface area contributed by atoms with Gasteiger partial charge in [0.2, 0.25) is 5.88 Å².